The Morgan fingerprint density at radius 3 is 2.36 bits per heavy atom. The zero-order chi connectivity index (χ0) is 8.74. The molecule has 0 heterocycles. The van der Waals surface area contributed by atoms with Crippen LogP contribution in [0, 0.1) is 0 Å². The number of nitrogens with two attached hydrogens (primary N) is 1. The molecule has 0 radical (unpaired) electrons. The highest BCUT2D eigenvalue weighted by Crippen LogP contribution is 1.91. The van der Waals surface area contributed by atoms with Crippen LogP contribution in [0.5, 0.6) is 0 Å². The Kier molecular flexibility index (Phi) is 5.39. The third-order valence-corrected chi connectivity index (χ3v) is 1.73. The average Bonchev–Trinajstić information content (AvgIpc) is 1.85. The van der Waals surface area contributed by atoms with Crippen molar-refractivity contribution in [3.05, 3.63) is 0 Å². The Balaban J connectivity index is 3.16. The summed E-state index contributed by atoms with van der Waals surface area (Å²) in [6.45, 7) is 0.894. The van der Waals surface area contributed by atoms with Gasteiger partial charge in [-0.2, -0.15) is 13.1 Å². The topological polar surface area (TPSA) is 92.4 Å². The smallest absolute Gasteiger partial charge is 0.330 e. The number of hydrogen-bond acceptors (Lipinski definition) is 3. The molecule has 68 valence electrons. The van der Waals surface area contributed by atoms with Crippen molar-refractivity contribution in [2.45, 2.75) is 19.3 Å². The van der Waals surface area contributed by atoms with E-state index in [0.29, 0.717) is 13.0 Å². The molecule has 0 aliphatic carbocycles. The molecule has 0 bridgehead atoms. The monoisotopic (exact) mass is 182 g/mol. The molecule has 4 N–H and O–H groups in total. The fourth-order valence-electron chi connectivity index (χ4n) is 0.647. The maximum absolute atomic E-state index is 10.1. The first-order chi connectivity index (χ1) is 5.06. The van der Waals surface area contributed by atoms with Crippen LogP contribution >= 0.6 is 0 Å². The third kappa shape index (κ3) is 9.83. The van der Waals surface area contributed by atoms with Crippen molar-refractivity contribution in [2.24, 2.45) is 5.73 Å². The molecule has 0 atom stereocenters. The van der Waals surface area contributed by atoms with Gasteiger partial charge in [-0.05, 0) is 19.4 Å². The lowest BCUT2D eigenvalue weighted by atomic mass is 10.2. The van der Waals surface area contributed by atoms with Crippen LogP contribution in [0.1, 0.15) is 19.3 Å². The number of hydrogen-bond donors (Lipinski definition) is 3. The van der Waals surface area contributed by atoms with Crippen molar-refractivity contribution in [3.8, 4) is 0 Å². The lowest BCUT2D eigenvalue weighted by molar-refractivity contribution is 0.465. The van der Waals surface area contributed by atoms with Gasteiger partial charge in [0.05, 0.1) is 0 Å². The van der Waals surface area contributed by atoms with Gasteiger partial charge in [-0.15, -0.1) is 0 Å². The molecule has 0 aliphatic rings. The van der Waals surface area contributed by atoms with E-state index < -0.39 is 10.3 Å². The van der Waals surface area contributed by atoms with Gasteiger partial charge >= 0.3 is 10.3 Å². The molecule has 0 aromatic carbocycles. The van der Waals surface area contributed by atoms with Crippen LogP contribution in [-0.2, 0) is 10.3 Å². The molecule has 11 heavy (non-hydrogen) atoms. The van der Waals surface area contributed by atoms with E-state index in [4.69, 9.17) is 10.3 Å². The van der Waals surface area contributed by atoms with Crippen LogP contribution in [0.3, 0.4) is 0 Å². The second kappa shape index (κ2) is 5.48. The minimum absolute atomic E-state index is 0.277. The van der Waals surface area contributed by atoms with Crippen molar-refractivity contribution in [1.82, 2.24) is 4.72 Å². The van der Waals surface area contributed by atoms with Gasteiger partial charge in [-0.3, -0.25) is 4.55 Å². The molecule has 0 aromatic heterocycles. The van der Waals surface area contributed by atoms with Crippen LogP contribution in [0.15, 0.2) is 0 Å². The highest BCUT2D eigenvalue weighted by Gasteiger charge is 1.99. The largest absolute Gasteiger partial charge is 0.333 e. The summed E-state index contributed by atoms with van der Waals surface area (Å²) in [6, 6.07) is 0. The van der Waals surface area contributed by atoms with Crippen LogP contribution in [0.25, 0.3) is 0 Å². The number of rotatable bonds is 6. The van der Waals surface area contributed by atoms with Gasteiger partial charge < -0.3 is 5.73 Å². The van der Waals surface area contributed by atoms with Gasteiger partial charge in [0, 0.05) is 6.54 Å². The SMILES string of the molecule is NCCCCCNS(=O)(=O)O. The third-order valence-electron chi connectivity index (χ3n) is 1.17. The van der Waals surface area contributed by atoms with Gasteiger partial charge in [0.1, 0.15) is 0 Å². The zero-order valence-electron chi connectivity index (χ0n) is 6.28. The van der Waals surface area contributed by atoms with E-state index >= 15 is 0 Å². The fourth-order valence-corrected chi connectivity index (χ4v) is 1.05. The molecule has 0 aromatic rings. The Morgan fingerprint density at radius 2 is 1.91 bits per heavy atom. The van der Waals surface area contributed by atoms with Gasteiger partial charge in [-0.25, -0.2) is 0 Å². The molecule has 0 amide bonds. The second-order valence-corrected chi connectivity index (χ2v) is 3.46. The molecule has 5 nitrogen and oxygen atoms in total. The summed E-state index contributed by atoms with van der Waals surface area (Å²) in [7, 11) is -3.99. The molecular weight excluding hydrogens is 168 g/mol. The van der Waals surface area contributed by atoms with Crippen molar-refractivity contribution in [1.29, 1.82) is 0 Å². The van der Waals surface area contributed by atoms with E-state index in [1.807, 2.05) is 4.72 Å². The van der Waals surface area contributed by atoms with E-state index in [-0.39, 0.29) is 6.54 Å². The van der Waals surface area contributed by atoms with E-state index in [1.54, 1.807) is 0 Å². The van der Waals surface area contributed by atoms with Gasteiger partial charge in [0.2, 0.25) is 0 Å². The number of nitrogens with one attached hydrogen (secondary N) is 1. The van der Waals surface area contributed by atoms with Crippen molar-refractivity contribution < 1.29 is 13.0 Å². The minimum atomic E-state index is -3.99. The fraction of sp³-hybridized carbons (Fsp3) is 1.00. The molecule has 0 fully saturated rings. The molecule has 0 rings (SSSR count). The summed E-state index contributed by atoms with van der Waals surface area (Å²) in [5.74, 6) is 0. The summed E-state index contributed by atoms with van der Waals surface area (Å²) in [5.41, 5.74) is 5.21. The first-order valence-corrected chi connectivity index (χ1v) is 4.92. The summed E-state index contributed by atoms with van der Waals surface area (Å²) in [4.78, 5) is 0. The van der Waals surface area contributed by atoms with E-state index in [0.717, 1.165) is 12.8 Å². The highest BCUT2D eigenvalue weighted by atomic mass is 32.2. The van der Waals surface area contributed by atoms with E-state index in [2.05, 4.69) is 0 Å². The zero-order valence-corrected chi connectivity index (χ0v) is 7.10. The molecule has 0 unspecified atom stereocenters. The molecule has 0 saturated carbocycles. The minimum Gasteiger partial charge on any atom is -0.330 e. The maximum Gasteiger partial charge on any atom is 0.333 e. The highest BCUT2D eigenvalue weighted by molar-refractivity contribution is 7.83. The predicted octanol–water partition coefficient (Wildman–Crippen LogP) is -0.492. The van der Waals surface area contributed by atoms with Crippen LogP contribution in [0.2, 0.25) is 0 Å². The van der Waals surface area contributed by atoms with Gasteiger partial charge in [-0.1, -0.05) is 6.42 Å². The average molecular weight is 182 g/mol. The van der Waals surface area contributed by atoms with Gasteiger partial charge in [0.15, 0.2) is 0 Å². The summed E-state index contributed by atoms with van der Waals surface area (Å²) in [5, 5.41) is 0. The second-order valence-electron chi connectivity index (χ2n) is 2.22. The Hall–Kier alpha value is -0.170. The van der Waals surface area contributed by atoms with Crippen molar-refractivity contribution in [3.63, 3.8) is 0 Å². The first-order valence-electron chi connectivity index (χ1n) is 3.48. The molecular formula is C5H14N2O3S. The van der Waals surface area contributed by atoms with Crippen molar-refractivity contribution in [2.75, 3.05) is 13.1 Å². The van der Waals surface area contributed by atoms with Gasteiger partial charge in [0.25, 0.3) is 0 Å². The molecule has 0 aliphatic heterocycles. The van der Waals surface area contributed by atoms with Crippen LogP contribution in [0.4, 0.5) is 0 Å². The van der Waals surface area contributed by atoms with Crippen LogP contribution in [-0.4, -0.2) is 26.1 Å². The Bertz CT molecular complexity index is 178. The molecule has 6 heteroatoms. The quantitative estimate of drug-likeness (QED) is 0.381. The van der Waals surface area contributed by atoms with E-state index in [1.165, 1.54) is 0 Å². The summed E-state index contributed by atoms with van der Waals surface area (Å²) in [6.07, 6.45) is 2.46. The Morgan fingerprint density at radius 1 is 1.27 bits per heavy atom. The molecule has 0 spiro atoms. The lowest BCUT2D eigenvalue weighted by Crippen LogP contribution is -2.23. The summed E-state index contributed by atoms with van der Waals surface area (Å²) < 4.78 is 30.3. The normalized spacial score (nSPS) is 11.8. The number of unbranched alkanes of at least 4 members (excludes halogenated alkanes) is 2. The van der Waals surface area contributed by atoms with Crippen LogP contribution < -0.4 is 10.5 Å². The van der Waals surface area contributed by atoms with E-state index in [9.17, 15) is 8.42 Å². The standard InChI is InChI=1S/C5H14N2O3S/c6-4-2-1-3-5-7-11(8,9)10/h7H,1-6H2,(H,8,9,10). The predicted molar refractivity (Wildman–Crippen MR) is 42.5 cm³/mol. The lowest BCUT2D eigenvalue weighted by Gasteiger charge is -1.99. The Labute approximate surface area is 66.9 Å². The maximum atomic E-state index is 10.1. The summed E-state index contributed by atoms with van der Waals surface area (Å²) >= 11 is 0. The van der Waals surface area contributed by atoms with Crippen molar-refractivity contribution >= 4 is 10.3 Å². The first kappa shape index (κ1) is 10.8. The molecule has 0 saturated heterocycles.